The second-order valence-corrected chi connectivity index (χ2v) is 16.2. The third-order valence-electron chi connectivity index (χ3n) is 12.3. The summed E-state index contributed by atoms with van der Waals surface area (Å²) < 4.78 is 0. The van der Waals surface area contributed by atoms with E-state index in [2.05, 4.69) is 232 Å². The Bertz CT molecular complexity index is 2710. The molecular weight excluding hydrogens is 677 g/mol. The third kappa shape index (κ3) is 5.39. The number of hydrogen-bond acceptors (Lipinski definition) is 2. The lowest BCUT2D eigenvalue weighted by molar-refractivity contribution is 0.627. The van der Waals surface area contributed by atoms with Crippen molar-refractivity contribution in [1.29, 1.82) is 0 Å². The summed E-state index contributed by atoms with van der Waals surface area (Å²) in [6.07, 6.45) is 0. The molecule has 2 heteroatoms. The molecule has 8 aromatic rings. The fourth-order valence-corrected chi connectivity index (χ4v) is 9.24. The second kappa shape index (κ2) is 13.0. The van der Waals surface area contributed by atoms with E-state index in [1.807, 2.05) is 0 Å². The molecule has 0 fully saturated rings. The molecule has 56 heavy (non-hydrogen) atoms. The minimum Gasteiger partial charge on any atom is -0.311 e. The predicted octanol–water partition coefficient (Wildman–Crippen LogP) is 14.9. The van der Waals surface area contributed by atoms with Crippen LogP contribution >= 0.6 is 0 Å². The van der Waals surface area contributed by atoms with Gasteiger partial charge in [0, 0.05) is 33.6 Å². The van der Waals surface area contributed by atoms with Crippen molar-refractivity contribution in [3.63, 3.8) is 0 Å². The van der Waals surface area contributed by atoms with Gasteiger partial charge in [-0.25, -0.2) is 0 Å². The standard InChI is InChI=1S/C54H44N2/c1-53(2)47-20-12-11-19-45(47)46-35-50-52(36-49(46)53)56(51-22-14-13-21-48(51)54(50,3)4)44-33-27-40(28-34-44)39-25-31-43(32-26-39)55(41-17-9-6-10-18-41)42-29-23-38(24-30-42)37-15-7-5-8-16-37/h5-36H,1-4H3. The van der Waals surface area contributed by atoms with Crippen molar-refractivity contribution in [3.05, 3.63) is 216 Å². The van der Waals surface area contributed by atoms with E-state index in [9.17, 15) is 0 Å². The Labute approximate surface area is 331 Å². The summed E-state index contributed by atoms with van der Waals surface area (Å²) in [6, 6.07) is 71.0. The van der Waals surface area contributed by atoms with Crippen LogP contribution in [0.4, 0.5) is 34.1 Å². The summed E-state index contributed by atoms with van der Waals surface area (Å²) >= 11 is 0. The van der Waals surface area contributed by atoms with Crippen LogP contribution in [-0.2, 0) is 10.8 Å². The summed E-state index contributed by atoms with van der Waals surface area (Å²) in [5, 5.41) is 0. The maximum Gasteiger partial charge on any atom is 0.0506 e. The fourth-order valence-electron chi connectivity index (χ4n) is 9.24. The molecule has 0 amide bonds. The van der Waals surface area contributed by atoms with E-state index in [4.69, 9.17) is 0 Å². The first-order valence-electron chi connectivity index (χ1n) is 19.7. The highest BCUT2D eigenvalue weighted by Crippen LogP contribution is 2.57. The topological polar surface area (TPSA) is 6.48 Å². The zero-order valence-electron chi connectivity index (χ0n) is 32.4. The molecule has 10 rings (SSSR count). The number of hydrogen-bond donors (Lipinski definition) is 0. The predicted molar refractivity (Wildman–Crippen MR) is 236 cm³/mol. The molecule has 1 aliphatic heterocycles. The van der Waals surface area contributed by atoms with Crippen LogP contribution < -0.4 is 9.80 Å². The normalized spacial score (nSPS) is 14.3. The van der Waals surface area contributed by atoms with Gasteiger partial charge in [-0.1, -0.05) is 155 Å². The Hall–Kier alpha value is -6.64. The van der Waals surface area contributed by atoms with Gasteiger partial charge >= 0.3 is 0 Å². The molecule has 270 valence electrons. The van der Waals surface area contributed by atoms with Crippen LogP contribution in [0.5, 0.6) is 0 Å². The van der Waals surface area contributed by atoms with E-state index in [0.717, 1.165) is 22.7 Å². The van der Waals surface area contributed by atoms with Crippen LogP contribution in [0, 0.1) is 0 Å². The molecule has 1 aliphatic carbocycles. The van der Waals surface area contributed by atoms with Crippen LogP contribution in [0.15, 0.2) is 194 Å². The van der Waals surface area contributed by atoms with Gasteiger partial charge in [-0.3, -0.25) is 0 Å². The van der Waals surface area contributed by atoms with E-state index >= 15 is 0 Å². The molecule has 2 nitrogen and oxygen atoms in total. The minimum absolute atomic E-state index is 0.0779. The Morgan fingerprint density at radius 1 is 0.339 bits per heavy atom. The van der Waals surface area contributed by atoms with Gasteiger partial charge in [0.25, 0.3) is 0 Å². The van der Waals surface area contributed by atoms with Gasteiger partial charge in [0.2, 0.25) is 0 Å². The molecule has 0 aromatic heterocycles. The van der Waals surface area contributed by atoms with Gasteiger partial charge < -0.3 is 9.80 Å². The van der Waals surface area contributed by atoms with Crippen molar-refractivity contribution in [2.45, 2.75) is 38.5 Å². The summed E-state index contributed by atoms with van der Waals surface area (Å²) in [5.74, 6) is 0. The van der Waals surface area contributed by atoms with E-state index in [-0.39, 0.29) is 10.8 Å². The first-order valence-corrected chi connectivity index (χ1v) is 19.7. The third-order valence-corrected chi connectivity index (χ3v) is 12.3. The highest BCUT2D eigenvalue weighted by atomic mass is 15.2. The molecule has 0 N–H and O–H groups in total. The SMILES string of the molecule is CC1(C)c2ccccc2-c2cc3c(cc21)N(c1ccc(-c2ccc(N(c4ccccc4)c4ccc(-c5ccccc5)cc4)cc2)cc1)c1ccccc1C3(C)C. The number of rotatable bonds is 6. The largest absolute Gasteiger partial charge is 0.311 e. The highest BCUT2D eigenvalue weighted by Gasteiger charge is 2.42. The zero-order valence-corrected chi connectivity index (χ0v) is 32.4. The van der Waals surface area contributed by atoms with Crippen molar-refractivity contribution < 1.29 is 0 Å². The fraction of sp³-hybridized carbons (Fsp3) is 0.111. The maximum atomic E-state index is 2.49. The molecule has 8 aromatic carbocycles. The highest BCUT2D eigenvalue weighted by molar-refractivity contribution is 5.92. The number of anilines is 6. The zero-order chi connectivity index (χ0) is 38.0. The maximum absolute atomic E-state index is 2.49. The minimum atomic E-state index is -0.154. The van der Waals surface area contributed by atoms with Crippen LogP contribution in [0.3, 0.4) is 0 Å². The Kier molecular flexibility index (Phi) is 7.87. The van der Waals surface area contributed by atoms with Crippen LogP contribution in [0.25, 0.3) is 33.4 Å². The van der Waals surface area contributed by atoms with Crippen LogP contribution in [0.2, 0.25) is 0 Å². The van der Waals surface area contributed by atoms with E-state index in [1.54, 1.807) is 0 Å². The lowest BCUT2D eigenvalue weighted by Gasteiger charge is -2.43. The second-order valence-electron chi connectivity index (χ2n) is 16.2. The average molecular weight is 721 g/mol. The summed E-state index contributed by atoms with van der Waals surface area (Å²) in [6.45, 7) is 9.51. The first-order chi connectivity index (χ1) is 27.3. The van der Waals surface area contributed by atoms with E-state index < -0.39 is 0 Å². The number of fused-ring (bicyclic) bond motifs is 5. The lowest BCUT2D eigenvalue weighted by atomic mass is 9.72. The van der Waals surface area contributed by atoms with E-state index in [1.165, 1.54) is 67.0 Å². The lowest BCUT2D eigenvalue weighted by Crippen LogP contribution is -2.31. The number of benzene rings is 8. The van der Waals surface area contributed by atoms with Gasteiger partial charge in [-0.2, -0.15) is 0 Å². The smallest absolute Gasteiger partial charge is 0.0506 e. The Morgan fingerprint density at radius 2 is 0.804 bits per heavy atom. The molecule has 2 aliphatic rings. The Balaban J connectivity index is 1.00. The molecule has 0 atom stereocenters. The quantitative estimate of drug-likeness (QED) is 0.169. The molecule has 0 radical (unpaired) electrons. The first kappa shape index (κ1) is 33.9. The average Bonchev–Trinajstić information content (AvgIpc) is 3.47. The monoisotopic (exact) mass is 720 g/mol. The van der Waals surface area contributed by atoms with Crippen LogP contribution in [-0.4, -0.2) is 0 Å². The molecule has 1 heterocycles. The van der Waals surface area contributed by atoms with Gasteiger partial charge in [0.15, 0.2) is 0 Å². The van der Waals surface area contributed by atoms with Crippen molar-refractivity contribution in [1.82, 2.24) is 0 Å². The van der Waals surface area contributed by atoms with Crippen molar-refractivity contribution in [3.8, 4) is 33.4 Å². The number of para-hydroxylation sites is 2. The molecule has 0 unspecified atom stereocenters. The van der Waals surface area contributed by atoms with Crippen molar-refractivity contribution >= 4 is 34.1 Å². The summed E-state index contributed by atoms with van der Waals surface area (Å²) in [4.78, 5) is 4.81. The van der Waals surface area contributed by atoms with Gasteiger partial charge in [0.1, 0.15) is 0 Å². The molecule has 0 saturated heterocycles. The van der Waals surface area contributed by atoms with Crippen molar-refractivity contribution in [2.24, 2.45) is 0 Å². The number of nitrogens with zero attached hydrogens (tertiary/aromatic N) is 2. The molecule has 0 saturated carbocycles. The van der Waals surface area contributed by atoms with Gasteiger partial charge in [-0.15, -0.1) is 0 Å². The summed E-state index contributed by atoms with van der Waals surface area (Å²) in [7, 11) is 0. The molecule has 0 spiro atoms. The van der Waals surface area contributed by atoms with Crippen LogP contribution in [0.1, 0.15) is 49.9 Å². The van der Waals surface area contributed by atoms with Crippen molar-refractivity contribution in [2.75, 3.05) is 9.80 Å². The Morgan fingerprint density at radius 3 is 1.43 bits per heavy atom. The molecule has 0 bridgehead atoms. The van der Waals surface area contributed by atoms with E-state index in [0.29, 0.717) is 0 Å². The van der Waals surface area contributed by atoms with Gasteiger partial charge in [-0.05, 0) is 122 Å². The summed E-state index contributed by atoms with van der Waals surface area (Å²) in [5.41, 5.74) is 19.8. The van der Waals surface area contributed by atoms with Gasteiger partial charge in [0.05, 0.1) is 11.4 Å². The molecular formula is C54H44N2.